The van der Waals surface area contributed by atoms with E-state index >= 15 is 0 Å². The van der Waals surface area contributed by atoms with Crippen LogP contribution in [0, 0.1) is 0 Å². The largest absolute Gasteiger partial charge is 0.343 e. The van der Waals surface area contributed by atoms with Crippen LogP contribution in [0.25, 0.3) is 0 Å². The molecule has 0 aromatic carbocycles. The first-order valence-corrected chi connectivity index (χ1v) is 5.68. The number of rotatable bonds is 6. The van der Waals surface area contributed by atoms with Gasteiger partial charge in [0.15, 0.2) is 0 Å². The van der Waals surface area contributed by atoms with Crippen LogP contribution in [0.1, 0.15) is 40.5 Å². The predicted octanol–water partition coefficient (Wildman–Crippen LogP) is 1.88. The Morgan fingerprint density at radius 1 is 1.21 bits per heavy atom. The van der Waals surface area contributed by atoms with E-state index in [1.165, 1.54) is 0 Å². The van der Waals surface area contributed by atoms with Crippen LogP contribution < -0.4 is 5.32 Å². The summed E-state index contributed by atoms with van der Waals surface area (Å²) in [4.78, 5) is 13.2. The minimum atomic E-state index is 0.273. The summed E-state index contributed by atoms with van der Waals surface area (Å²) in [6.45, 7) is 10.6. The topological polar surface area (TPSA) is 32.3 Å². The van der Waals surface area contributed by atoms with Crippen LogP contribution in [0.2, 0.25) is 0 Å². The minimum Gasteiger partial charge on any atom is -0.343 e. The number of carbonyl (C=O) groups excluding carboxylic acids is 1. The third-order valence-corrected chi connectivity index (χ3v) is 1.93. The molecule has 0 saturated carbocycles. The third kappa shape index (κ3) is 8.05. The molecule has 0 rings (SSSR count). The fourth-order valence-corrected chi connectivity index (χ4v) is 1.15. The molecule has 1 amide bonds. The molecule has 0 aliphatic rings. The van der Waals surface area contributed by atoms with Crippen molar-refractivity contribution < 1.29 is 4.79 Å². The van der Waals surface area contributed by atoms with E-state index in [1.54, 1.807) is 0 Å². The van der Waals surface area contributed by atoms with E-state index in [1.807, 2.05) is 39.6 Å². The lowest BCUT2D eigenvalue weighted by Gasteiger charge is -2.18. The molecule has 0 aromatic rings. The van der Waals surface area contributed by atoms with Crippen molar-refractivity contribution in [2.45, 2.75) is 40.5 Å². The second-order valence-electron chi connectivity index (χ2n) is 2.77. The molecule has 0 spiro atoms. The summed E-state index contributed by atoms with van der Waals surface area (Å²) in [5.74, 6) is 0.273. The van der Waals surface area contributed by atoms with Gasteiger partial charge in [0.1, 0.15) is 0 Å². The van der Waals surface area contributed by atoms with Gasteiger partial charge in [-0.25, -0.2) is 0 Å². The Balaban J connectivity index is 0. The number of nitrogens with one attached hydrogen (secondary N) is 1. The number of nitrogens with zero attached hydrogens (tertiary/aromatic N) is 1. The molecule has 0 bridgehead atoms. The molecule has 86 valence electrons. The van der Waals surface area contributed by atoms with Gasteiger partial charge < -0.3 is 10.2 Å². The Bertz CT molecular complexity index is 122. The molecule has 0 aliphatic heterocycles. The summed E-state index contributed by atoms with van der Waals surface area (Å²) in [5.41, 5.74) is 0. The summed E-state index contributed by atoms with van der Waals surface area (Å²) in [6, 6.07) is 0. The second-order valence-corrected chi connectivity index (χ2v) is 2.77. The van der Waals surface area contributed by atoms with Gasteiger partial charge in [0.2, 0.25) is 5.91 Å². The average molecular weight is 202 g/mol. The van der Waals surface area contributed by atoms with Crippen LogP contribution in [0.3, 0.4) is 0 Å². The Morgan fingerprint density at radius 3 is 2.07 bits per heavy atom. The lowest BCUT2D eigenvalue weighted by molar-refractivity contribution is -0.130. The van der Waals surface area contributed by atoms with E-state index in [0.29, 0.717) is 6.42 Å². The van der Waals surface area contributed by atoms with Gasteiger partial charge >= 0.3 is 0 Å². The second kappa shape index (κ2) is 12.4. The highest BCUT2D eigenvalue weighted by Crippen LogP contribution is 1.96. The highest BCUT2D eigenvalue weighted by Gasteiger charge is 2.07. The van der Waals surface area contributed by atoms with Crippen molar-refractivity contribution in [3.63, 3.8) is 0 Å². The van der Waals surface area contributed by atoms with Gasteiger partial charge in [-0.15, -0.1) is 0 Å². The molecular weight excluding hydrogens is 176 g/mol. The van der Waals surface area contributed by atoms with Crippen molar-refractivity contribution in [2.24, 2.45) is 0 Å². The van der Waals surface area contributed by atoms with E-state index in [9.17, 15) is 4.79 Å². The Kier molecular flexibility index (Phi) is 14.1. The first-order valence-electron chi connectivity index (χ1n) is 5.68. The lowest BCUT2D eigenvalue weighted by atomic mass is 10.2. The molecule has 3 nitrogen and oxygen atoms in total. The molecule has 0 heterocycles. The van der Waals surface area contributed by atoms with Crippen LogP contribution in [0.5, 0.6) is 0 Å². The van der Waals surface area contributed by atoms with E-state index in [4.69, 9.17) is 0 Å². The van der Waals surface area contributed by atoms with Crippen LogP contribution in [0.4, 0.5) is 0 Å². The van der Waals surface area contributed by atoms with Gasteiger partial charge in [-0.05, 0) is 33.9 Å². The minimum absolute atomic E-state index is 0.273. The van der Waals surface area contributed by atoms with Gasteiger partial charge in [-0.1, -0.05) is 13.8 Å². The monoisotopic (exact) mass is 202 g/mol. The Labute approximate surface area is 88.9 Å². The average Bonchev–Trinajstić information content (AvgIpc) is 2.23. The van der Waals surface area contributed by atoms with Crippen LogP contribution in [-0.2, 0) is 4.79 Å². The van der Waals surface area contributed by atoms with E-state index in [2.05, 4.69) is 5.32 Å². The first-order chi connectivity index (χ1) is 6.76. The molecule has 0 unspecified atom stereocenters. The molecule has 0 aliphatic carbocycles. The summed E-state index contributed by atoms with van der Waals surface area (Å²) >= 11 is 0. The molecule has 3 heteroatoms. The molecule has 0 radical (unpaired) electrons. The van der Waals surface area contributed by atoms with Gasteiger partial charge in [-0.2, -0.15) is 0 Å². The van der Waals surface area contributed by atoms with Crippen molar-refractivity contribution in [1.82, 2.24) is 10.2 Å². The van der Waals surface area contributed by atoms with Crippen LogP contribution in [0.15, 0.2) is 0 Å². The predicted molar refractivity (Wildman–Crippen MR) is 62.4 cm³/mol. The first kappa shape index (κ1) is 15.9. The van der Waals surface area contributed by atoms with E-state index < -0.39 is 0 Å². The summed E-state index contributed by atoms with van der Waals surface area (Å²) in [6.07, 6.45) is 1.61. The molecule has 0 atom stereocenters. The fraction of sp³-hybridized carbons (Fsp3) is 0.909. The molecule has 14 heavy (non-hydrogen) atoms. The number of amides is 1. The summed E-state index contributed by atoms with van der Waals surface area (Å²) in [7, 11) is 1.90. The molecule has 0 saturated heterocycles. The standard InChI is InChI=1S/C9H20N2O.C2H6/c1-4-11(5-2)9(12)7-6-8-10-3;1-2/h10H,4-8H2,1-3H3;1-2H3. The summed E-state index contributed by atoms with van der Waals surface area (Å²) < 4.78 is 0. The lowest BCUT2D eigenvalue weighted by Crippen LogP contribution is -2.30. The zero-order chi connectivity index (χ0) is 11.4. The molecular formula is C11H26N2O. The molecule has 1 N–H and O–H groups in total. The normalized spacial score (nSPS) is 8.93. The van der Waals surface area contributed by atoms with Crippen LogP contribution >= 0.6 is 0 Å². The van der Waals surface area contributed by atoms with Gasteiger partial charge in [0, 0.05) is 19.5 Å². The van der Waals surface area contributed by atoms with Crippen LogP contribution in [-0.4, -0.2) is 37.5 Å². The van der Waals surface area contributed by atoms with Crippen molar-refractivity contribution in [3.05, 3.63) is 0 Å². The van der Waals surface area contributed by atoms with E-state index in [-0.39, 0.29) is 5.91 Å². The smallest absolute Gasteiger partial charge is 0.222 e. The molecule has 0 aromatic heterocycles. The Morgan fingerprint density at radius 2 is 1.71 bits per heavy atom. The Hall–Kier alpha value is -0.570. The van der Waals surface area contributed by atoms with Gasteiger partial charge in [0.25, 0.3) is 0 Å². The number of hydrogen-bond acceptors (Lipinski definition) is 2. The maximum absolute atomic E-state index is 11.4. The van der Waals surface area contributed by atoms with Crippen molar-refractivity contribution in [2.75, 3.05) is 26.7 Å². The van der Waals surface area contributed by atoms with Crippen molar-refractivity contribution >= 4 is 5.91 Å². The zero-order valence-electron chi connectivity index (χ0n) is 10.4. The van der Waals surface area contributed by atoms with Gasteiger partial charge in [-0.3, -0.25) is 4.79 Å². The fourth-order valence-electron chi connectivity index (χ4n) is 1.15. The zero-order valence-corrected chi connectivity index (χ0v) is 10.4. The van der Waals surface area contributed by atoms with E-state index in [0.717, 1.165) is 26.1 Å². The number of hydrogen-bond donors (Lipinski definition) is 1. The van der Waals surface area contributed by atoms with Crippen molar-refractivity contribution in [3.8, 4) is 0 Å². The highest BCUT2D eigenvalue weighted by atomic mass is 16.2. The molecule has 0 fully saturated rings. The maximum atomic E-state index is 11.4. The quantitative estimate of drug-likeness (QED) is 0.667. The highest BCUT2D eigenvalue weighted by molar-refractivity contribution is 5.76. The SMILES string of the molecule is CC.CCN(CC)C(=O)CCCNC. The maximum Gasteiger partial charge on any atom is 0.222 e. The third-order valence-electron chi connectivity index (χ3n) is 1.93. The number of carbonyl (C=O) groups is 1. The van der Waals surface area contributed by atoms with Crippen molar-refractivity contribution in [1.29, 1.82) is 0 Å². The summed E-state index contributed by atoms with van der Waals surface area (Å²) in [5, 5.41) is 3.03. The van der Waals surface area contributed by atoms with Gasteiger partial charge in [0.05, 0.1) is 0 Å².